The highest BCUT2D eigenvalue weighted by Gasteiger charge is 2.17. The zero-order chi connectivity index (χ0) is 19.6. The fourth-order valence-electron chi connectivity index (χ4n) is 2.37. The number of hydrogen-bond acceptors (Lipinski definition) is 6. The van der Waals surface area contributed by atoms with Gasteiger partial charge in [-0.2, -0.15) is 0 Å². The molecule has 0 fully saturated rings. The molecule has 1 aromatic carbocycles. The van der Waals surface area contributed by atoms with Crippen molar-refractivity contribution in [3.8, 4) is 10.4 Å². The van der Waals surface area contributed by atoms with Gasteiger partial charge >= 0.3 is 6.03 Å². The van der Waals surface area contributed by atoms with Crippen LogP contribution < -0.4 is 10.6 Å². The summed E-state index contributed by atoms with van der Waals surface area (Å²) in [6, 6.07) is 7.85. The number of nitrogens with one attached hydrogen (secondary N) is 2. The van der Waals surface area contributed by atoms with Crippen LogP contribution in [0.3, 0.4) is 0 Å². The number of hydrogen-bond donors (Lipinski definition) is 2. The Morgan fingerprint density at radius 2 is 2.11 bits per heavy atom. The van der Waals surface area contributed by atoms with Crippen LogP contribution in [0.4, 0.5) is 9.93 Å². The number of rotatable bonds is 5. The fraction of sp³-hybridized carbons (Fsp3) is 0.176. The molecule has 2 N–H and O–H groups in total. The lowest BCUT2D eigenvalue weighted by Gasteiger charge is -2.05. The van der Waals surface area contributed by atoms with Gasteiger partial charge in [-0.15, -0.1) is 0 Å². The molecule has 7 nitrogen and oxygen atoms in total. The number of aryl methyl sites for hydroxylation is 1. The third-order valence-corrected chi connectivity index (χ3v) is 6.31. The van der Waals surface area contributed by atoms with Crippen molar-refractivity contribution in [2.75, 3.05) is 11.6 Å². The largest absolute Gasteiger partial charge is 0.467 e. The van der Waals surface area contributed by atoms with E-state index in [9.17, 15) is 13.2 Å². The van der Waals surface area contributed by atoms with Crippen molar-refractivity contribution < 1.29 is 17.6 Å². The second-order valence-electron chi connectivity index (χ2n) is 5.74. The van der Waals surface area contributed by atoms with Crippen molar-refractivity contribution in [2.45, 2.75) is 18.4 Å². The summed E-state index contributed by atoms with van der Waals surface area (Å²) in [5, 5.41) is 5.89. The average molecular weight is 426 g/mol. The lowest BCUT2D eigenvalue weighted by molar-refractivity contribution is 0.251. The van der Waals surface area contributed by atoms with E-state index >= 15 is 0 Å². The number of nitrogens with zero attached hydrogens (tertiary/aromatic N) is 1. The molecule has 3 aromatic rings. The van der Waals surface area contributed by atoms with Crippen molar-refractivity contribution >= 4 is 43.9 Å². The lowest BCUT2D eigenvalue weighted by atomic mass is 10.2. The molecule has 0 atom stereocenters. The Labute approximate surface area is 165 Å². The maximum Gasteiger partial charge on any atom is 0.321 e. The summed E-state index contributed by atoms with van der Waals surface area (Å²) in [4.78, 5) is 17.1. The third-order valence-electron chi connectivity index (χ3n) is 3.61. The second kappa shape index (κ2) is 7.71. The van der Waals surface area contributed by atoms with Crippen molar-refractivity contribution in [1.82, 2.24) is 10.3 Å². The Morgan fingerprint density at radius 3 is 2.78 bits per heavy atom. The molecule has 0 spiro atoms. The maximum absolute atomic E-state index is 12.0. The molecule has 0 unspecified atom stereocenters. The number of halogens is 1. The Kier molecular flexibility index (Phi) is 5.54. The number of aromatic nitrogens is 1. The van der Waals surface area contributed by atoms with Gasteiger partial charge in [0.1, 0.15) is 5.76 Å². The van der Waals surface area contributed by atoms with Gasteiger partial charge in [0.15, 0.2) is 15.0 Å². The Hall–Kier alpha value is -2.36. The van der Waals surface area contributed by atoms with Crippen LogP contribution in [-0.4, -0.2) is 25.7 Å². The van der Waals surface area contributed by atoms with Gasteiger partial charge < -0.3 is 9.73 Å². The highest BCUT2D eigenvalue weighted by atomic mass is 35.5. The minimum absolute atomic E-state index is 0.0557. The first-order valence-electron chi connectivity index (χ1n) is 7.78. The summed E-state index contributed by atoms with van der Waals surface area (Å²) in [6.07, 6.45) is 2.64. The second-order valence-corrected chi connectivity index (χ2v) is 9.13. The van der Waals surface area contributed by atoms with E-state index in [-0.39, 0.29) is 16.5 Å². The smallest absolute Gasteiger partial charge is 0.321 e. The normalized spacial score (nSPS) is 11.4. The standard InChI is InChI=1S/C17H16ClN3O4S2/c1-10-15(11-5-6-13(18)14(8-11)27(2,23)24)26-17(20-10)21-16(22)19-9-12-4-3-7-25-12/h3-8H,9H2,1-2H3,(H2,19,20,21,22). The molecule has 3 rings (SSSR count). The first kappa shape index (κ1) is 19.4. The van der Waals surface area contributed by atoms with Crippen LogP contribution >= 0.6 is 22.9 Å². The number of sulfone groups is 1. The zero-order valence-corrected chi connectivity index (χ0v) is 16.8. The van der Waals surface area contributed by atoms with Gasteiger partial charge in [0.25, 0.3) is 0 Å². The van der Waals surface area contributed by atoms with E-state index in [1.807, 2.05) is 0 Å². The molecule has 0 bridgehead atoms. The van der Waals surface area contributed by atoms with Crippen LogP contribution in [0.1, 0.15) is 11.5 Å². The molecule has 0 aliphatic rings. The molecule has 2 heterocycles. The summed E-state index contributed by atoms with van der Waals surface area (Å²) in [5.74, 6) is 0.635. The molecule has 0 aliphatic carbocycles. The van der Waals surface area contributed by atoms with Gasteiger partial charge in [0, 0.05) is 6.26 Å². The van der Waals surface area contributed by atoms with Crippen LogP contribution in [0.5, 0.6) is 0 Å². The minimum Gasteiger partial charge on any atom is -0.467 e. The molecule has 142 valence electrons. The van der Waals surface area contributed by atoms with E-state index < -0.39 is 15.9 Å². The SMILES string of the molecule is Cc1nc(NC(=O)NCc2ccco2)sc1-c1ccc(Cl)c(S(C)(=O)=O)c1. The van der Waals surface area contributed by atoms with Crippen LogP contribution in [-0.2, 0) is 16.4 Å². The lowest BCUT2D eigenvalue weighted by Crippen LogP contribution is -2.27. The van der Waals surface area contributed by atoms with Crippen LogP contribution in [0.15, 0.2) is 45.9 Å². The molecule has 10 heteroatoms. The maximum atomic E-state index is 12.0. The number of carbonyl (C=O) groups excluding carboxylic acids is 1. The van der Waals surface area contributed by atoms with Gasteiger partial charge in [0.05, 0.1) is 33.3 Å². The predicted octanol–water partition coefficient (Wildman–Crippen LogP) is 4.09. The van der Waals surface area contributed by atoms with Crippen LogP contribution in [0.25, 0.3) is 10.4 Å². The number of carbonyl (C=O) groups is 1. The Balaban J connectivity index is 1.77. The number of benzene rings is 1. The molecule has 0 saturated carbocycles. The quantitative estimate of drug-likeness (QED) is 0.641. The number of amides is 2. The predicted molar refractivity (Wildman–Crippen MR) is 105 cm³/mol. The van der Waals surface area contributed by atoms with Gasteiger partial charge in [0.2, 0.25) is 0 Å². The van der Waals surface area contributed by atoms with E-state index in [1.54, 1.807) is 25.1 Å². The molecular weight excluding hydrogens is 410 g/mol. The fourth-order valence-corrected chi connectivity index (χ4v) is 4.63. The molecular formula is C17H16ClN3O4S2. The number of thiazole rings is 1. The summed E-state index contributed by atoms with van der Waals surface area (Å²) in [6.45, 7) is 2.04. The number of urea groups is 1. The van der Waals surface area contributed by atoms with Crippen molar-refractivity contribution in [2.24, 2.45) is 0 Å². The minimum atomic E-state index is -3.45. The Bertz CT molecular complexity index is 1080. The van der Waals surface area contributed by atoms with Crippen molar-refractivity contribution in [1.29, 1.82) is 0 Å². The van der Waals surface area contributed by atoms with Crippen molar-refractivity contribution in [3.63, 3.8) is 0 Å². The van der Waals surface area contributed by atoms with Crippen LogP contribution in [0, 0.1) is 6.92 Å². The number of anilines is 1. The third kappa shape index (κ3) is 4.68. The summed E-state index contributed by atoms with van der Waals surface area (Å²) in [7, 11) is -3.45. The Morgan fingerprint density at radius 1 is 1.33 bits per heavy atom. The molecule has 2 aromatic heterocycles. The summed E-state index contributed by atoms with van der Waals surface area (Å²) < 4.78 is 28.9. The molecule has 0 aliphatic heterocycles. The van der Waals surface area contributed by atoms with Crippen molar-refractivity contribution in [3.05, 3.63) is 53.1 Å². The van der Waals surface area contributed by atoms with Gasteiger partial charge in [-0.1, -0.05) is 29.0 Å². The van der Waals surface area contributed by atoms with Gasteiger partial charge in [-0.25, -0.2) is 18.2 Å². The van der Waals surface area contributed by atoms with E-state index in [4.69, 9.17) is 16.0 Å². The van der Waals surface area contributed by atoms with E-state index in [2.05, 4.69) is 15.6 Å². The van der Waals surface area contributed by atoms with Gasteiger partial charge in [-0.3, -0.25) is 5.32 Å². The van der Waals surface area contributed by atoms with E-state index in [0.29, 0.717) is 22.1 Å². The van der Waals surface area contributed by atoms with E-state index in [1.165, 1.54) is 29.7 Å². The van der Waals surface area contributed by atoms with Crippen LogP contribution in [0.2, 0.25) is 5.02 Å². The molecule has 0 radical (unpaired) electrons. The highest BCUT2D eigenvalue weighted by Crippen LogP contribution is 2.35. The molecule has 0 saturated heterocycles. The highest BCUT2D eigenvalue weighted by molar-refractivity contribution is 7.90. The summed E-state index contributed by atoms with van der Waals surface area (Å²) in [5.41, 5.74) is 1.34. The first-order valence-corrected chi connectivity index (χ1v) is 10.9. The van der Waals surface area contributed by atoms with E-state index in [0.717, 1.165) is 11.1 Å². The topological polar surface area (TPSA) is 101 Å². The molecule has 27 heavy (non-hydrogen) atoms. The average Bonchev–Trinajstić information content (AvgIpc) is 3.22. The zero-order valence-electron chi connectivity index (χ0n) is 14.4. The first-order chi connectivity index (χ1) is 12.7. The number of furan rings is 1. The van der Waals surface area contributed by atoms with Gasteiger partial charge in [-0.05, 0) is 36.8 Å². The molecule has 2 amide bonds. The monoisotopic (exact) mass is 425 g/mol. The summed E-state index contributed by atoms with van der Waals surface area (Å²) >= 11 is 7.24.